The van der Waals surface area contributed by atoms with Crippen molar-refractivity contribution in [2.75, 3.05) is 0 Å². The lowest BCUT2D eigenvalue weighted by molar-refractivity contribution is 0.478. The summed E-state index contributed by atoms with van der Waals surface area (Å²) in [5, 5.41) is 0. The summed E-state index contributed by atoms with van der Waals surface area (Å²) < 4.78 is 0. The van der Waals surface area contributed by atoms with E-state index in [0.29, 0.717) is 0 Å². The van der Waals surface area contributed by atoms with Crippen LogP contribution < -0.4 is 0 Å². The second-order valence-electron chi connectivity index (χ2n) is 6.01. The molecule has 0 N–H and O–H groups in total. The Kier molecular flexibility index (Phi) is 15.3. The molecule has 0 aromatic carbocycles. The van der Waals surface area contributed by atoms with Crippen molar-refractivity contribution in [3.05, 3.63) is 0 Å². The third kappa shape index (κ3) is 15.5. The van der Waals surface area contributed by atoms with E-state index in [9.17, 15) is 0 Å². The van der Waals surface area contributed by atoms with E-state index in [1.54, 1.807) is 0 Å². The van der Waals surface area contributed by atoms with Crippen LogP contribution in [0.3, 0.4) is 0 Å². The molecule has 0 amide bonds. The van der Waals surface area contributed by atoms with Gasteiger partial charge in [0.1, 0.15) is 0 Å². The molecule has 0 bridgehead atoms. The van der Waals surface area contributed by atoms with Gasteiger partial charge in [0.05, 0.1) is 0 Å². The van der Waals surface area contributed by atoms with Crippen molar-refractivity contribution < 1.29 is 0 Å². The van der Waals surface area contributed by atoms with E-state index in [1.165, 1.54) is 70.6 Å². The SMILES string of the molecule is CCCCCCCCCC#CCCC(C)CCCC. The van der Waals surface area contributed by atoms with Gasteiger partial charge in [0, 0.05) is 12.8 Å². The first-order chi connectivity index (χ1) is 9.31. The molecule has 0 aromatic rings. The third-order valence-electron chi connectivity index (χ3n) is 3.84. The molecule has 1 unspecified atom stereocenters. The minimum atomic E-state index is 0.868. The van der Waals surface area contributed by atoms with Gasteiger partial charge >= 0.3 is 0 Å². The summed E-state index contributed by atoms with van der Waals surface area (Å²) in [6, 6.07) is 0. The average Bonchev–Trinajstić information content (AvgIpc) is 2.42. The van der Waals surface area contributed by atoms with Crippen LogP contribution in [0.25, 0.3) is 0 Å². The van der Waals surface area contributed by atoms with Crippen LogP contribution in [0.5, 0.6) is 0 Å². The zero-order chi connectivity index (χ0) is 14.2. The van der Waals surface area contributed by atoms with Crippen molar-refractivity contribution in [1.29, 1.82) is 0 Å². The minimum Gasteiger partial charge on any atom is -0.103 e. The van der Waals surface area contributed by atoms with Crippen LogP contribution in [0.4, 0.5) is 0 Å². The fourth-order valence-electron chi connectivity index (χ4n) is 2.36. The van der Waals surface area contributed by atoms with E-state index in [0.717, 1.165) is 18.8 Å². The lowest BCUT2D eigenvalue weighted by atomic mass is 9.99. The van der Waals surface area contributed by atoms with Crippen LogP contribution in [-0.2, 0) is 0 Å². The molecule has 0 aromatic heterocycles. The van der Waals surface area contributed by atoms with Crippen molar-refractivity contribution in [3.8, 4) is 11.8 Å². The molecular formula is C19H36. The highest BCUT2D eigenvalue weighted by Crippen LogP contribution is 2.13. The second-order valence-corrected chi connectivity index (χ2v) is 6.01. The topological polar surface area (TPSA) is 0 Å². The highest BCUT2D eigenvalue weighted by atomic mass is 14.0. The van der Waals surface area contributed by atoms with Gasteiger partial charge in [-0.3, -0.25) is 0 Å². The van der Waals surface area contributed by atoms with Crippen LogP contribution in [0.2, 0.25) is 0 Å². The van der Waals surface area contributed by atoms with Gasteiger partial charge < -0.3 is 0 Å². The summed E-state index contributed by atoms with van der Waals surface area (Å²) in [6.07, 6.45) is 17.3. The summed E-state index contributed by atoms with van der Waals surface area (Å²) >= 11 is 0. The summed E-state index contributed by atoms with van der Waals surface area (Å²) in [7, 11) is 0. The molecule has 0 nitrogen and oxygen atoms in total. The number of rotatable bonds is 12. The molecule has 19 heavy (non-hydrogen) atoms. The van der Waals surface area contributed by atoms with Gasteiger partial charge in [-0.1, -0.05) is 78.6 Å². The van der Waals surface area contributed by atoms with E-state index in [1.807, 2.05) is 0 Å². The molecule has 0 aliphatic rings. The Morgan fingerprint density at radius 2 is 1.21 bits per heavy atom. The lowest BCUT2D eigenvalue weighted by Gasteiger charge is -2.07. The van der Waals surface area contributed by atoms with Gasteiger partial charge in [-0.15, -0.1) is 11.8 Å². The Bertz CT molecular complexity index is 218. The molecule has 0 fully saturated rings. The van der Waals surface area contributed by atoms with E-state index in [4.69, 9.17) is 0 Å². The van der Waals surface area contributed by atoms with E-state index >= 15 is 0 Å². The van der Waals surface area contributed by atoms with Crippen LogP contribution >= 0.6 is 0 Å². The summed E-state index contributed by atoms with van der Waals surface area (Å²) in [6.45, 7) is 6.92. The highest BCUT2D eigenvalue weighted by Gasteiger charge is 1.98. The Hall–Kier alpha value is -0.440. The average molecular weight is 264 g/mol. The molecule has 0 aliphatic heterocycles. The maximum atomic E-state index is 3.35. The number of unbranched alkanes of at least 4 members (excludes halogenated alkanes) is 8. The molecule has 0 heteroatoms. The fourth-order valence-corrected chi connectivity index (χ4v) is 2.36. The molecule has 0 saturated carbocycles. The summed E-state index contributed by atoms with van der Waals surface area (Å²) in [5.74, 6) is 7.57. The monoisotopic (exact) mass is 264 g/mol. The quantitative estimate of drug-likeness (QED) is 0.270. The smallest absolute Gasteiger partial charge is 0.00912 e. The van der Waals surface area contributed by atoms with Crippen LogP contribution in [-0.4, -0.2) is 0 Å². The standard InChI is InChI=1S/C19H36/c1-4-6-8-9-10-11-12-13-14-15-16-18-19(3)17-7-5-2/h19H,4-13,16-18H2,1-3H3. The number of hydrogen-bond acceptors (Lipinski definition) is 0. The molecule has 1 atom stereocenters. The Morgan fingerprint density at radius 3 is 1.89 bits per heavy atom. The summed E-state index contributed by atoms with van der Waals surface area (Å²) in [4.78, 5) is 0. The predicted molar refractivity (Wildman–Crippen MR) is 88.3 cm³/mol. The van der Waals surface area contributed by atoms with E-state index in [-0.39, 0.29) is 0 Å². The van der Waals surface area contributed by atoms with Crippen molar-refractivity contribution in [1.82, 2.24) is 0 Å². The van der Waals surface area contributed by atoms with Gasteiger partial charge in [0.25, 0.3) is 0 Å². The van der Waals surface area contributed by atoms with Crippen molar-refractivity contribution >= 4 is 0 Å². The van der Waals surface area contributed by atoms with Gasteiger partial charge in [-0.05, 0) is 18.8 Å². The zero-order valence-electron chi connectivity index (χ0n) is 13.8. The van der Waals surface area contributed by atoms with Crippen LogP contribution in [0.15, 0.2) is 0 Å². The molecular weight excluding hydrogens is 228 g/mol. The Morgan fingerprint density at radius 1 is 0.632 bits per heavy atom. The highest BCUT2D eigenvalue weighted by molar-refractivity contribution is 4.98. The Balaban J connectivity index is 3.22. The minimum absolute atomic E-state index is 0.868. The van der Waals surface area contributed by atoms with Crippen molar-refractivity contribution in [2.45, 2.75) is 104 Å². The van der Waals surface area contributed by atoms with Gasteiger partial charge in [0.2, 0.25) is 0 Å². The van der Waals surface area contributed by atoms with Gasteiger partial charge in [-0.25, -0.2) is 0 Å². The fraction of sp³-hybridized carbons (Fsp3) is 0.895. The second kappa shape index (κ2) is 15.6. The molecule has 112 valence electrons. The normalized spacial score (nSPS) is 11.9. The van der Waals surface area contributed by atoms with Gasteiger partial charge in [-0.2, -0.15) is 0 Å². The molecule has 0 saturated heterocycles. The first-order valence-corrected chi connectivity index (χ1v) is 8.77. The summed E-state index contributed by atoms with van der Waals surface area (Å²) in [5.41, 5.74) is 0. The number of hydrogen-bond donors (Lipinski definition) is 0. The molecule has 0 rings (SSSR count). The maximum Gasteiger partial charge on any atom is 0.00912 e. The molecule has 0 radical (unpaired) electrons. The van der Waals surface area contributed by atoms with E-state index in [2.05, 4.69) is 32.6 Å². The first-order valence-electron chi connectivity index (χ1n) is 8.77. The van der Waals surface area contributed by atoms with Crippen LogP contribution in [0.1, 0.15) is 104 Å². The molecule has 0 aliphatic carbocycles. The Labute approximate surface area is 122 Å². The van der Waals surface area contributed by atoms with Crippen LogP contribution in [0, 0.1) is 17.8 Å². The molecule has 0 heterocycles. The third-order valence-corrected chi connectivity index (χ3v) is 3.84. The molecule has 0 spiro atoms. The van der Waals surface area contributed by atoms with E-state index < -0.39 is 0 Å². The lowest BCUT2D eigenvalue weighted by Crippen LogP contribution is -1.93. The first kappa shape index (κ1) is 18.6. The largest absolute Gasteiger partial charge is 0.103 e. The maximum absolute atomic E-state index is 3.35. The predicted octanol–water partition coefficient (Wildman–Crippen LogP) is 6.74. The zero-order valence-corrected chi connectivity index (χ0v) is 13.8. The van der Waals surface area contributed by atoms with Gasteiger partial charge in [0.15, 0.2) is 0 Å². The van der Waals surface area contributed by atoms with Crippen molar-refractivity contribution in [3.63, 3.8) is 0 Å². The van der Waals surface area contributed by atoms with Crippen molar-refractivity contribution in [2.24, 2.45) is 5.92 Å².